The summed E-state index contributed by atoms with van der Waals surface area (Å²) in [4.78, 5) is 34.8. The van der Waals surface area contributed by atoms with Crippen LogP contribution in [-0.4, -0.2) is 127 Å². The number of phenolic OH excluding ortho intramolecular Hbond substituents is 1. The van der Waals surface area contributed by atoms with Gasteiger partial charge in [0.2, 0.25) is 5.69 Å². The number of rotatable bonds is 37. The van der Waals surface area contributed by atoms with Crippen LogP contribution in [0.2, 0.25) is 5.02 Å². The van der Waals surface area contributed by atoms with Gasteiger partial charge < -0.3 is 78.4 Å². The van der Waals surface area contributed by atoms with Crippen LogP contribution in [0.15, 0.2) is 247 Å². The molecule has 0 aliphatic carbocycles. The number of hydrogen-bond acceptors (Lipinski definition) is 12. The van der Waals surface area contributed by atoms with E-state index in [1.54, 1.807) is 58.0 Å². The van der Waals surface area contributed by atoms with Crippen LogP contribution >= 0.6 is 27.5 Å². The summed E-state index contributed by atoms with van der Waals surface area (Å²) in [5, 5.41) is 21.0. The quantitative estimate of drug-likeness (QED) is 0.00755. The van der Waals surface area contributed by atoms with E-state index in [1.165, 1.54) is 27.6 Å². The Balaban J connectivity index is 0.000000267. The fraction of sp³-hybridized carbons (Fsp3) is 0.333. The third-order valence-electron chi connectivity index (χ3n) is 19.0. The summed E-state index contributed by atoms with van der Waals surface area (Å²) in [5.74, 6) is 6.51. The van der Waals surface area contributed by atoms with Gasteiger partial charge in [-0.05, 0) is 225 Å². The first kappa shape index (κ1) is 109. The maximum Gasteiger partial charge on any atom is 0.228 e. The molecule has 29 heteroatoms. The lowest BCUT2D eigenvalue weighted by atomic mass is 10.0. The molecule has 12 rings (SSSR count). The zero-order chi connectivity index (χ0) is 95.7. The SMILES string of the molecule is CC(=N)CCCc1cn(CCF)c2ccc(O)cc12.CC(N)=NCCc1c[nH]c2ccc(OCCF)cc12.CC(N)=NCc1ccc(-c2ccc(OCCF)cc2)cc1.CCC(N)=NCc1cccc(Br)c1.CCC(N)=NCc1cccc(C)c1.CCC(N)=NCc1cccc(Cl)c1.CCCc1c[nH]c2ccc(OCCF)cc12.[C-]#[N+]c1cc(CN=C(C)N)ccc1OCCF. The topological polar surface area (TPSA) is 352 Å². The highest BCUT2D eigenvalue weighted by atomic mass is 79.9. The summed E-state index contributed by atoms with van der Waals surface area (Å²) in [5.41, 5.74) is 49.9. The van der Waals surface area contributed by atoms with E-state index >= 15 is 0 Å². The molecule has 0 spiro atoms. The second kappa shape index (κ2) is 62.3. The van der Waals surface area contributed by atoms with Gasteiger partial charge in [0.1, 0.15) is 88.5 Å². The van der Waals surface area contributed by atoms with Crippen LogP contribution in [0.1, 0.15) is 144 Å². The highest BCUT2D eigenvalue weighted by Gasteiger charge is 2.13. The van der Waals surface area contributed by atoms with Gasteiger partial charge >= 0.3 is 0 Å². The largest absolute Gasteiger partial charge is 0.508 e. The van der Waals surface area contributed by atoms with Gasteiger partial charge in [-0.3, -0.25) is 30.0 Å². The first-order chi connectivity index (χ1) is 63.2. The summed E-state index contributed by atoms with van der Waals surface area (Å²) in [7, 11) is 0. The lowest BCUT2D eigenvalue weighted by molar-refractivity contribution is 0.273. The molecule has 22 nitrogen and oxygen atoms in total. The number of aryl methyl sites for hydroxylation is 4. The number of H-pyrrole nitrogens is 2. The van der Waals surface area contributed by atoms with Crippen LogP contribution in [0.4, 0.5) is 27.6 Å². The predicted octanol–water partition coefficient (Wildman–Crippen LogP) is 23.2. The molecule has 9 aromatic carbocycles. The van der Waals surface area contributed by atoms with Gasteiger partial charge in [0.15, 0.2) is 0 Å². The average Bonchev–Trinajstić information content (AvgIpc) is 1.65. The molecule has 12 aromatic rings. The van der Waals surface area contributed by atoms with Crippen molar-refractivity contribution in [2.24, 2.45) is 64.4 Å². The number of aromatic nitrogens is 3. The fourth-order valence-electron chi connectivity index (χ4n) is 12.4. The molecule has 0 amide bonds. The molecular formula is C102H128BrClF5N17O5. The van der Waals surface area contributed by atoms with Gasteiger partial charge in [-0.1, -0.05) is 158 Å². The van der Waals surface area contributed by atoms with Gasteiger partial charge in [0, 0.05) is 92.3 Å². The van der Waals surface area contributed by atoms with Gasteiger partial charge in [-0.25, -0.2) is 26.8 Å². The Labute approximate surface area is 781 Å². The lowest BCUT2D eigenvalue weighted by Gasteiger charge is -2.07. The Kier molecular flexibility index (Phi) is 51.6. The van der Waals surface area contributed by atoms with Crippen molar-refractivity contribution in [3.8, 4) is 39.9 Å². The van der Waals surface area contributed by atoms with E-state index in [9.17, 15) is 27.1 Å². The molecule has 0 fully saturated rings. The zero-order valence-corrected chi connectivity index (χ0v) is 79.0. The van der Waals surface area contributed by atoms with Crippen LogP contribution < -0.4 is 53.3 Å². The highest BCUT2D eigenvalue weighted by molar-refractivity contribution is 9.10. The second-order valence-corrected chi connectivity index (χ2v) is 31.2. The van der Waals surface area contributed by atoms with E-state index in [-0.39, 0.29) is 32.2 Å². The smallest absolute Gasteiger partial charge is 0.228 e. The molecule has 3 heterocycles. The maximum atomic E-state index is 12.6. The van der Waals surface area contributed by atoms with Crippen LogP contribution in [0.25, 0.3) is 48.7 Å². The molecule has 700 valence electrons. The summed E-state index contributed by atoms with van der Waals surface area (Å²) >= 11 is 9.22. The molecule has 0 bridgehead atoms. The predicted molar refractivity (Wildman–Crippen MR) is 538 cm³/mol. The Hall–Kier alpha value is -13.0. The van der Waals surface area contributed by atoms with Gasteiger partial charge in [-0.15, -0.1) is 0 Å². The number of benzene rings is 9. The number of aromatic hydroxyl groups is 1. The Morgan fingerprint density at radius 1 is 0.481 bits per heavy atom. The maximum absolute atomic E-state index is 12.6. The van der Waals surface area contributed by atoms with Crippen LogP contribution in [0, 0.1) is 18.9 Å². The molecule has 0 saturated heterocycles. The molecular weight excluding hydrogens is 1750 g/mol. The first-order valence-electron chi connectivity index (χ1n) is 43.4. The Bertz CT molecular complexity index is 5470. The number of aliphatic imine (C=N–C) groups is 6. The molecule has 0 aliphatic heterocycles. The number of nitrogens with zero attached hydrogens (tertiary/aromatic N) is 8. The van der Waals surface area contributed by atoms with Crippen molar-refractivity contribution in [3.05, 3.63) is 284 Å². The van der Waals surface area contributed by atoms with E-state index in [0.717, 1.165) is 145 Å². The molecule has 0 atom stereocenters. The number of phenols is 1. The number of nitrogens with one attached hydrogen (secondary N) is 3. The molecule has 0 radical (unpaired) electrons. The minimum absolute atomic E-state index is 0.0398. The minimum atomic E-state index is -0.574. The number of halogens is 7. The number of ether oxygens (including phenoxy) is 4. The molecule has 0 saturated carbocycles. The normalized spacial score (nSPS) is 11.4. The Morgan fingerprint density at radius 3 is 1.44 bits per heavy atom. The van der Waals surface area contributed by atoms with Gasteiger partial charge in [-0.2, -0.15) is 0 Å². The standard InChI is InChI=1S/C17H19FN2O.C15H19FN2O.C14H18FN3O.C13H16FNO.C12H14FN3O.C11H16N2.C10H13BrN2.C10H13ClN2/c1-13(19)20-12-14-2-4-15(5-3-14)16-6-8-17(9-7-16)21-11-10-18;1-11(17)3-2-4-12-10-18(8-7-16)15-6-5-13(19)9-14(12)15;1-10(16)17-6-4-11-9-18-14-3-2-12(8-13(11)14)19-7-5-15;1-2-3-10-9-15-13-5-4-11(8-12(10)13)16-7-6-14;1-9(14)16-8-10-3-4-12(17-6-5-13)11(7-10)15-2;1-3-11(12)13-8-10-6-4-5-9(2)7-10;2*1-2-10(12)13-7-8-4-3-5-9(11)6-8/h2-9H,10-12H2,1H3,(H2,19,20);5-6,9-10,17,19H,2-4,7-8H2,1H3;2-3,8-9,18H,4-7H2,1H3,(H2,16,17);4-5,8-9,15H,2-3,6-7H2,1H3;3-4,7H,5-6,8H2,1H3,(H2,14,16);4-7H,3,8H2,1-2H3,(H2,12,13);2*3-6H,2,7H2,1H3,(H2,12,13). The third kappa shape index (κ3) is 42.9. The zero-order valence-electron chi connectivity index (χ0n) is 76.7. The van der Waals surface area contributed by atoms with E-state index in [0.29, 0.717) is 104 Å². The van der Waals surface area contributed by atoms with Crippen LogP contribution in [0.3, 0.4) is 0 Å². The number of aromatic amines is 2. The summed E-state index contributed by atoms with van der Waals surface area (Å²) in [6.07, 6.45) is 13.9. The molecule has 16 N–H and O–H groups in total. The van der Waals surface area contributed by atoms with Gasteiger partial charge in [0.25, 0.3) is 0 Å². The molecule has 0 aliphatic rings. The van der Waals surface area contributed by atoms with Crippen molar-refractivity contribution in [1.82, 2.24) is 14.5 Å². The summed E-state index contributed by atoms with van der Waals surface area (Å²) in [6, 6.07) is 61.6. The fourth-order valence-corrected chi connectivity index (χ4v) is 13.0. The molecule has 3 aromatic heterocycles. The summed E-state index contributed by atoms with van der Waals surface area (Å²) in [6.45, 7) is 26.2. The number of nitrogens with two attached hydrogens (primary N) is 6. The average molecular weight is 1880 g/mol. The van der Waals surface area contributed by atoms with Crippen molar-refractivity contribution in [2.45, 2.75) is 159 Å². The van der Waals surface area contributed by atoms with Crippen LogP contribution in [-0.2, 0) is 58.5 Å². The van der Waals surface area contributed by atoms with Crippen molar-refractivity contribution in [3.63, 3.8) is 0 Å². The molecule has 0 unspecified atom stereocenters. The number of amidine groups is 6. The van der Waals surface area contributed by atoms with Crippen molar-refractivity contribution in [2.75, 3.05) is 66.3 Å². The van der Waals surface area contributed by atoms with Crippen molar-refractivity contribution < 1.29 is 46.0 Å². The first-order valence-corrected chi connectivity index (χ1v) is 44.6. The second-order valence-electron chi connectivity index (χ2n) is 29.9. The third-order valence-corrected chi connectivity index (χ3v) is 19.8. The minimum Gasteiger partial charge on any atom is -0.508 e. The monoisotopic (exact) mass is 1880 g/mol. The highest BCUT2D eigenvalue weighted by Crippen LogP contribution is 2.32. The summed E-state index contributed by atoms with van der Waals surface area (Å²) < 4.78 is 84.5. The van der Waals surface area contributed by atoms with Crippen molar-refractivity contribution >= 4 is 107 Å². The van der Waals surface area contributed by atoms with Crippen molar-refractivity contribution in [1.29, 1.82) is 5.41 Å². The van der Waals surface area contributed by atoms with Crippen LogP contribution in [0.5, 0.6) is 28.7 Å². The number of alkyl halides is 5. The van der Waals surface area contributed by atoms with E-state index < -0.39 is 33.4 Å². The number of hydrogen-bond donors (Lipinski definition) is 10. The number of fused-ring (bicyclic) bond motifs is 3. The van der Waals surface area contributed by atoms with Gasteiger partial charge in [0.05, 0.1) is 80.9 Å². The Morgan fingerprint density at radius 2 is 0.947 bits per heavy atom. The van der Waals surface area contributed by atoms with E-state index in [1.807, 2.05) is 190 Å². The lowest BCUT2D eigenvalue weighted by Crippen LogP contribution is -2.09. The van der Waals surface area contributed by atoms with E-state index in [4.69, 9.17) is 76.9 Å². The van der Waals surface area contributed by atoms with E-state index in [2.05, 4.69) is 92.7 Å². The molecule has 131 heavy (non-hydrogen) atoms.